The first kappa shape index (κ1) is 13.2. The van der Waals surface area contributed by atoms with E-state index in [1.807, 2.05) is 0 Å². The van der Waals surface area contributed by atoms with E-state index in [-0.39, 0.29) is 12.4 Å². The number of aromatic nitrogens is 1. The molecule has 3 rings (SSSR count). The van der Waals surface area contributed by atoms with Gasteiger partial charge in [0.25, 0.3) is 0 Å². The SMILES string of the molecule is Cc1ccc2nc(C)cc(N3CCCC3)c2c1.[Cl-]. The van der Waals surface area contributed by atoms with E-state index in [4.69, 9.17) is 0 Å². The normalized spacial score (nSPS) is 14.9. The van der Waals surface area contributed by atoms with E-state index in [9.17, 15) is 0 Å². The van der Waals surface area contributed by atoms with Crippen molar-refractivity contribution >= 4 is 16.6 Å². The topological polar surface area (TPSA) is 16.1 Å². The fourth-order valence-electron chi connectivity index (χ4n) is 2.67. The van der Waals surface area contributed by atoms with Crippen molar-refractivity contribution in [1.82, 2.24) is 4.98 Å². The van der Waals surface area contributed by atoms with Gasteiger partial charge in [-0.3, -0.25) is 4.98 Å². The van der Waals surface area contributed by atoms with Gasteiger partial charge in [0.2, 0.25) is 0 Å². The Morgan fingerprint density at radius 2 is 1.78 bits per heavy atom. The third-order valence-corrected chi connectivity index (χ3v) is 3.52. The summed E-state index contributed by atoms with van der Waals surface area (Å²) in [5, 5.41) is 1.30. The maximum Gasteiger partial charge on any atom is 0.0726 e. The lowest BCUT2D eigenvalue weighted by molar-refractivity contribution is -0.00000363. The lowest BCUT2D eigenvalue weighted by Crippen LogP contribution is -3.00. The van der Waals surface area contributed by atoms with Crippen LogP contribution in [-0.4, -0.2) is 18.1 Å². The fraction of sp³-hybridized carbons (Fsp3) is 0.400. The molecule has 1 aromatic carbocycles. The van der Waals surface area contributed by atoms with Gasteiger partial charge < -0.3 is 17.3 Å². The average Bonchev–Trinajstić information content (AvgIpc) is 2.82. The summed E-state index contributed by atoms with van der Waals surface area (Å²) < 4.78 is 0. The van der Waals surface area contributed by atoms with Crippen molar-refractivity contribution in [2.75, 3.05) is 18.0 Å². The van der Waals surface area contributed by atoms with Gasteiger partial charge in [-0.1, -0.05) is 11.6 Å². The van der Waals surface area contributed by atoms with E-state index in [0.29, 0.717) is 0 Å². The van der Waals surface area contributed by atoms with Crippen LogP contribution in [-0.2, 0) is 0 Å². The van der Waals surface area contributed by atoms with Crippen molar-refractivity contribution in [1.29, 1.82) is 0 Å². The Morgan fingerprint density at radius 1 is 1.06 bits per heavy atom. The molecule has 2 nitrogen and oxygen atoms in total. The second-order valence-electron chi connectivity index (χ2n) is 5.00. The highest BCUT2D eigenvalue weighted by Gasteiger charge is 2.15. The molecule has 0 radical (unpaired) electrons. The molecule has 1 aromatic heterocycles. The van der Waals surface area contributed by atoms with E-state index < -0.39 is 0 Å². The van der Waals surface area contributed by atoms with E-state index >= 15 is 0 Å². The first-order valence-electron chi connectivity index (χ1n) is 6.37. The Kier molecular flexibility index (Phi) is 3.76. The highest BCUT2D eigenvalue weighted by Crippen LogP contribution is 2.29. The van der Waals surface area contributed by atoms with Crippen LogP contribution >= 0.6 is 0 Å². The number of benzene rings is 1. The zero-order valence-electron chi connectivity index (χ0n) is 10.9. The maximum absolute atomic E-state index is 4.62. The van der Waals surface area contributed by atoms with Crippen molar-refractivity contribution in [2.45, 2.75) is 26.7 Å². The number of nitrogens with zero attached hydrogens (tertiary/aromatic N) is 2. The molecule has 1 aliphatic rings. The summed E-state index contributed by atoms with van der Waals surface area (Å²) >= 11 is 0. The summed E-state index contributed by atoms with van der Waals surface area (Å²) in [7, 11) is 0. The average molecular weight is 262 g/mol. The minimum atomic E-state index is 0. The number of fused-ring (bicyclic) bond motifs is 1. The maximum atomic E-state index is 4.62. The smallest absolute Gasteiger partial charge is 0.0726 e. The van der Waals surface area contributed by atoms with Crippen LogP contribution in [0.1, 0.15) is 24.1 Å². The monoisotopic (exact) mass is 261 g/mol. The lowest BCUT2D eigenvalue weighted by Gasteiger charge is -2.20. The molecule has 96 valence electrons. The van der Waals surface area contributed by atoms with Crippen LogP contribution in [0.25, 0.3) is 10.9 Å². The molecular weight excluding hydrogens is 244 g/mol. The zero-order chi connectivity index (χ0) is 11.8. The predicted molar refractivity (Wildman–Crippen MR) is 72.7 cm³/mol. The van der Waals surface area contributed by atoms with Gasteiger partial charge in [-0.05, 0) is 44.9 Å². The molecule has 0 N–H and O–H groups in total. The number of hydrogen-bond donors (Lipinski definition) is 0. The van der Waals surface area contributed by atoms with Gasteiger partial charge in [0, 0.05) is 29.9 Å². The predicted octanol–water partition coefficient (Wildman–Crippen LogP) is 0.456. The second-order valence-corrected chi connectivity index (χ2v) is 5.00. The van der Waals surface area contributed by atoms with E-state index in [0.717, 1.165) is 11.2 Å². The number of hydrogen-bond acceptors (Lipinski definition) is 2. The quantitative estimate of drug-likeness (QED) is 0.741. The van der Waals surface area contributed by atoms with Crippen LogP contribution in [0.5, 0.6) is 0 Å². The van der Waals surface area contributed by atoms with Gasteiger partial charge in [-0.25, -0.2) is 0 Å². The summed E-state index contributed by atoms with van der Waals surface area (Å²) in [6.07, 6.45) is 2.63. The van der Waals surface area contributed by atoms with Gasteiger partial charge >= 0.3 is 0 Å². The Bertz CT molecular complexity index is 560. The van der Waals surface area contributed by atoms with Crippen LogP contribution in [0.4, 0.5) is 5.69 Å². The third-order valence-electron chi connectivity index (χ3n) is 3.52. The summed E-state index contributed by atoms with van der Waals surface area (Å²) in [4.78, 5) is 7.12. The van der Waals surface area contributed by atoms with Crippen LogP contribution in [0.3, 0.4) is 0 Å². The second kappa shape index (κ2) is 5.15. The minimum absolute atomic E-state index is 0. The van der Waals surface area contributed by atoms with Crippen LogP contribution < -0.4 is 17.3 Å². The van der Waals surface area contributed by atoms with Crippen molar-refractivity contribution in [3.63, 3.8) is 0 Å². The number of anilines is 1. The van der Waals surface area contributed by atoms with E-state index in [1.54, 1.807) is 0 Å². The molecule has 0 atom stereocenters. The Balaban J connectivity index is 0.00000120. The molecule has 3 heteroatoms. The molecule has 1 saturated heterocycles. The van der Waals surface area contributed by atoms with Gasteiger partial charge in [0.05, 0.1) is 5.52 Å². The molecule has 0 amide bonds. The van der Waals surface area contributed by atoms with Crippen LogP contribution in [0.15, 0.2) is 24.3 Å². The Morgan fingerprint density at radius 3 is 2.50 bits per heavy atom. The molecule has 0 aliphatic carbocycles. The summed E-state index contributed by atoms with van der Waals surface area (Å²) in [5.41, 5.74) is 4.91. The highest BCUT2D eigenvalue weighted by molar-refractivity contribution is 5.92. The third kappa shape index (κ3) is 2.30. The molecular formula is C15H18ClN2-. The molecule has 2 heterocycles. The molecule has 0 saturated carbocycles. The fourth-order valence-corrected chi connectivity index (χ4v) is 2.67. The number of pyridine rings is 1. The minimum Gasteiger partial charge on any atom is -1.00 e. The molecule has 18 heavy (non-hydrogen) atoms. The van der Waals surface area contributed by atoms with Gasteiger partial charge in [0.1, 0.15) is 0 Å². The van der Waals surface area contributed by atoms with Crippen molar-refractivity contribution < 1.29 is 12.4 Å². The number of rotatable bonds is 1. The Labute approximate surface area is 114 Å². The first-order chi connectivity index (χ1) is 8.24. The van der Waals surface area contributed by atoms with Gasteiger partial charge in [-0.2, -0.15) is 0 Å². The summed E-state index contributed by atoms with van der Waals surface area (Å²) in [6, 6.07) is 8.77. The Hall–Kier alpha value is -1.28. The lowest BCUT2D eigenvalue weighted by atomic mass is 10.1. The zero-order valence-corrected chi connectivity index (χ0v) is 11.7. The van der Waals surface area contributed by atoms with Crippen molar-refractivity contribution in [3.8, 4) is 0 Å². The molecule has 0 unspecified atom stereocenters. The van der Waals surface area contributed by atoms with Crippen LogP contribution in [0, 0.1) is 13.8 Å². The van der Waals surface area contributed by atoms with Crippen LogP contribution in [0.2, 0.25) is 0 Å². The van der Waals surface area contributed by atoms with Gasteiger partial charge in [0.15, 0.2) is 0 Å². The molecule has 1 aliphatic heterocycles. The number of aryl methyl sites for hydroxylation is 2. The highest BCUT2D eigenvalue weighted by atomic mass is 35.5. The summed E-state index contributed by atoms with van der Waals surface area (Å²) in [6.45, 7) is 6.60. The van der Waals surface area contributed by atoms with Gasteiger partial charge in [-0.15, -0.1) is 0 Å². The molecule has 1 fully saturated rings. The molecule has 0 spiro atoms. The number of halogens is 1. The summed E-state index contributed by atoms with van der Waals surface area (Å²) in [5.74, 6) is 0. The van der Waals surface area contributed by atoms with E-state index in [1.165, 1.54) is 42.6 Å². The molecule has 2 aromatic rings. The van der Waals surface area contributed by atoms with Crippen molar-refractivity contribution in [3.05, 3.63) is 35.5 Å². The van der Waals surface area contributed by atoms with Crippen molar-refractivity contribution in [2.24, 2.45) is 0 Å². The molecule has 0 bridgehead atoms. The first-order valence-corrected chi connectivity index (χ1v) is 6.37. The standard InChI is InChI=1S/C15H18N2.ClH/c1-11-5-6-14-13(9-11)15(10-12(2)16-14)17-7-3-4-8-17;/h5-6,9-10H,3-4,7-8H2,1-2H3;1H/p-1. The largest absolute Gasteiger partial charge is 1.00 e. The van der Waals surface area contributed by atoms with E-state index in [2.05, 4.69) is 48.0 Å².